The van der Waals surface area contributed by atoms with E-state index in [9.17, 15) is 18.0 Å². The Kier molecular flexibility index (Phi) is 9.75. The standard InChI is InChI=1S/C28H36F3N5O3Si/c1-5-38-11-8-22-26(21-6-9-32-33-17-21)34-36(18-39-12-13-40(2,3)4)27(22)35-10-7-20(28(35)37)14-19-15-23(29)25(31)24(30)16-19/h6,9,15-17,20H,5,7-8,10-14,18H2,1-4H3. The molecule has 1 aliphatic heterocycles. The van der Waals surface area contributed by atoms with Gasteiger partial charge in [0.25, 0.3) is 0 Å². The molecule has 3 aromatic rings. The van der Waals surface area contributed by atoms with E-state index in [1.165, 1.54) is 0 Å². The van der Waals surface area contributed by atoms with E-state index in [4.69, 9.17) is 14.6 Å². The molecule has 0 saturated carbocycles. The fraction of sp³-hybridized carbons (Fsp3) is 0.500. The summed E-state index contributed by atoms with van der Waals surface area (Å²) in [5.74, 6) is -4.14. The molecule has 1 amide bonds. The summed E-state index contributed by atoms with van der Waals surface area (Å²) in [7, 11) is -1.31. The lowest BCUT2D eigenvalue weighted by Gasteiger charge is -2.21. The molecular formula is C28H36F3N5O3Si. The van der Waals surface area contributed by atoms with Crippen molar-refractivity contribution in [2.45, 2.75) is 58.6 Å². The van der Waals surface area contributed by atoms with E-state index in [0.717, 1.165) is 29.3 Å². The van der Waals surface area contributed by atoms with Crippen LogP contribution in [0, 0.1) is 23.4 Å². The van der Waals surface area contributed by atoms with Crippen LogP contribution in [0.4, 0.5) is 19.0 Å². The van der Waals surface area contributed by atoms with Crippen molar-refractivity contribution in [1.82, 2.24) is 20.0 Å². The van der Waals surface area contributed by atoms with Crippen LogP contribution >= 0.6 is 0 Å². The maximum absolute atomic E-state index is 13.8. The average molecular weight is 576 g/mol. The van der Waals surface area contributed by atoms with Crippen LogP contribution in [-0.4, -0.2) is 60.3 Å². The maximum atomic E-state index is 13.8. The van der Waals surface area contributed by atoms with Gasteiger partial charge in [-0.3, -0.25) is 9.69 Å². The molecule has 0 bridgehead atoms. The highest BCUT2D eigenvalue weighted by atomic mass is 28.3. The van der Waals surface area contributed by atoms with Gasteiger partial charge in [-0.05, 0) is 49.6 Å². The highest BCUT2D eigenvalue weighted by Crippen LogP contribution is 2.36. The van der Waals surface area contributed by atoms with Crippen LogP contribution in [-0.2, 0) is 33.8 Å². The first-order chi connectivity index (χ1) is 19.1. The minimum Gasteiger partial charge on any atom is -0.381 e. The molecule has 1 aliphatic rings. The topological polar surface area (TPSA) is 82.4 Å². The van der Waals surface area contributed by atoms with Gasteiger partial charge in [0.05, 0.1) is 24.7 Å². The quantitative estimate of drug-likeness (QED) is 0.157. The minimum atomic E-state index is -1.52. The molecular weight excluding hydrogens is 539 g/mol. The summed E-state index contributed by atoms with van der Waals surface area (Å²) < 4.78 is 54.5. The van der Waals surface area contributed by atoms with Crippen LogP contribution in [0.2, 0.25) is 25.7 Å². The number of amides is 1. The van der Waals surface area contributed by atoms with Crippen molar-refractivity contribution in [3.8, 4) is 11.3 Å². The van der Waals surface area contributed by atoms with Crippen LogP contribution in [0.3, 0.4) is 0 Å². The van der Waals surface area contributed by atoms with Gasteiger partial charge in [0.1, 0.15) is 12.5 Å². The molecule has 0 spiro atoms. The van der Waals surface area contributed by atoms with Crippen LogP contribution in [0.5, 0.6) is 0 Å². The molecule has 1 atom stereocenters. The Balaban J connectivity index is 1.67. The van der Waals surface area contributed by atoms with E-state index in [1.807, 2.05) is 13.0 Å². The first kappa shape index (κ1) is 29.9. The third-order valence-electron chi connectivity index (χ3n) is 6.89. The first-order valence-electron chi connectivity index (χ1n) is 13.6. The highest BCUT2D eigenvalue weighted by molar-refractivity contribution is 6.76. The highest BCUT2D eigenvalue weighted by Gasteiger charge is 2.37. The summed E-state index contributed by atoms with van der Waals surface area (Å²) >= 11 is 0. The largest absolute Gasteiger partial charge is 0.381 e. The van der Waals surface area contributed by atoms with E-state index in [-0.39, 0.29) is 24.6 Å². The summed E-state index contributed by atoms with van der Waals surface area (Å²) in [6.45, 7) is 10.8. The Hall–Kier alpha value is -3.09. The van der Waals surface area contributed by atoms with Crippen molar-refractivity contribution in [2.75, 3.05) is 31.3 Å². The minimum absolute atomic E-state index is 0.0969. The lowest BCUT2D eigenvalue weighted by atomic mass is 9.98. The second-order valence-corrected chi connectivity index (χ2v) is 16.8. The Bertz CT molecular complexity index is 1290. The number of anilines is 1. The smallest absolute Gasteiger partial charge is 0.231 e. The summed E-state index contributed by atoms with van der Waals surface area (Å²) in [5, 5.41) is 12.7. The molecule has 0 aliphatic carbocycles. The van der Waals surface area contributed by atoms with Crippen molar-refractivity contribution in [1.29, 1.82) is 0 Å². The molecule has 1 unspecified atom stereocenters. The second-order valence-electron chi connectivity index (χ2n) is 11.1. The fourth-order valence-electron chi connectivity index (χ4n) is 4.77. The van der Waals surface area contributed by atoms with E-state index >= 15 is 0 Å². The van der Waals surface area contributed by atoms with Crippen molar-refractivity contribution in [3.05, 3.63) is 59.2 Å². The van der Waals surface area contributed by atoms with E-state index in [0.29, 0.717) is 50.7 Å². The number of benzene rings is 1. The van der Waals surface area contributed by atoms with Crippen LogP contribution < -0.4 is 4.90 Å². The number of hydrogen-bond donors (Lipinski definition) is 0. The van der Waals surface area contributed by atoms with Crippen molar-refractivity contribution in [3.63, 3.8) is 0 Å². The predicted octanol–water partition coefficient (Wildman–Crippen LogP) is 5.24. The average Bonchev–Trinajstić information content (AvgIpc) is 3.44. The summed E-state index contributed by atoms with van der Waals surface area (Å²) in [4.78, 5) is 15.4. The van der Waals surface area contributed by atoms with Gasteiger partial charge in [0, 0.05) is 51.3 Å². The molecule has 0 N–H and O–H groups in total. The van der Waals surface area contributed by atoms with Gasteiger partial charge in [0.15, 0.2) is 17.5 Å². The Morgan fingerprint density at radius 1 is 1.07 bits per heavy atom. The normalized spacial score (nSPS) is 15.8. The lowest BCUT2D eigenvalue weighted by Crippen LogP contribution is -2.31. The second kappa shape index (κ2) is 13.0. The van der Waals surface area contributed by atoms with Gasteiger partial charge in [-0.2, -0.15) is 15.3 Å². The Labute approximate surface area is 233 Å². The SMILES string of the molecule is CCOCCc1c(-c2ccnnc2)nn(COCC[Si](C)(C)C)c1N1CCC(Cc2cc(F)c(F)c(F)c2)C1=O. The van der Waals surface area contributed by atoms with E-state index in [1.54, 1.807) is 22.0 Å². The molecule has 4 rings (SSSR count). The third-order valence-corrected chi connectivity index (χ3v) is 8.59. The number of halogens is 3. The van der Waals surface area contributed by atoms with Crippen molar-refractivity contribution >= 4 is 19.8 Å². The predicted molar refractivity (Wildman–Crippen MR) is 148 cm³/mol. The monoisotopic (exact) mass is 575 g/mol. The van der Waals surface area contributed by atoms with Gasteiger partial charge in [-0.15, -0.1) is 0 Å². The Morgan fingerprint density at radius 3 is 2.48 bits per heavy atom. The molecule has 1 aromatic carbocycles. The molecule has 0 radical (unpaired) electrons. The number of nitrogens with zero attached hydrogens (tertiary/aromatic N) is 5. The number of ether oxygens (including phenoxy) is 2. The van der Waals surface area contributed by atoms with Crippen molar-refractivity contribution in [2.24, 2.45) is 5.92 Å². The molecule has 12 heteroatoms. The van der Waals surface area contributed by atoms with Crippen LogP contribution in [0.1, 0.15) is 24.5 Å². The van der Waals surface area contributed by atoms with Crippen LogP contribution in [0.25, 0.3) is 11.3 Å². The molecule has 40 heavy (non-hydrogen) atoms. The van der Waals surface area contributed by atoms with Gasteiger partial charge in [0.2, 0.25) is 5.91 Å². The van der Waals surface area contributed by atoms with Gasteiger partial charge < -0.3 is 9.47 Å². The molecule has 1 saturated heterocycles. The number of carbonyl (C=O) groups excluding carboxylic acids is 1. The lowest BCUT2D eigenvalue weighted by molar-refractivity contribution is -0.120. The third kappa shape index (κ3) is 7.15. The molecule has 3 heterocycles. The van der Waals surface area contributed by atoms with Crippen molar-refractivity contribution < 1.29 is 27.4 Å². The maximum Gasteiger partial charge on any atom is 0.231 e. The summed E-state index contributed by atoms with van der Waals surface area (Å²) in [6.07, 6.45) is 4.28. The number of rotatable bonds is 13. The molecule has 1 fully saturated rings. The zero-order chi connectivity index (χ0) is 28.9. The number of hydrogen-bond acceptors (Lipinski definition) is 6. The zero-order valence-electron chi connectivity index (χ0n) is 23.4. The van der Waals surface area contributed by atoms with Gasteiger partial charge in [-0.1, -0.05) is 19.6 Å². The summed E-state index contributed by atoms with van der Waals surface area (Å²) in [6, 6.07) is 4.70. The van der Waals surface area contributed by atoms with Crippen LogP contribution in [0.15, 0.2) is 30.6 Å². The number of carbonyl (C=O) groups is 1. The Morgan fingerprint density at radius 2 is 1.82 bits per heavy atom. The molecule has 2 aromatic heterocycles. The number of aromatic nitrogens is 4. The summed E-state index contributed by atoms with van der Waals surface area (Å²) in [5.41, 5.74) is 2.48. The van der Waals surface area contributed by atoms with Gasteiger partial charge in [-0.25, -0.2) is 17.9 Å². The van der Waals surface area contributed by atoms with E-state index < -0.39 is 31.4 Å². The molecule has 8 nitrogen and oxygen atoms in total. The zero-order valence-corrected chi connectivity index (χ0v) is 24.4. The molecule has 216 valence electrons. The fourth-order valence-corrected chi connectivity index (χ4v) is 5.53. The van der Waals surface area contributed by atoms with Gasteiger partial charge >= 0.3 is 0 Å². The van der Waals surface area contributed by atoms with E-state index in [2.05, 4.69) is 29.8 Å². The first-order valence-corrected chi connectivity index (χ1v) is 17.3.